The molecule has 0 fully saturated rings. The molecule has 3 rings (SSSR count). The van der Waals surface area contributed by atoms with E-state index in [9.17, 15) is 4.79 Å². The lowest BCUT2D eigenvalue weighted by Gasteiger charge is -2.07. The van der Waals surface area contributed by atoms with Gasteiger partial charge in [0.15, 0.2) is 0 Å². The zero-order valence-electron chi connectivity index (χ0n) is 12.1. The van der Waals surface area contributed by atoms with Crippen molar-refractivity contribution in [2.45, 2.75) is 6.54 Å². The maximum Gasteiger partial charge on any atom is 0.707 e. The number of thiophene rings is 1. The van der Waals surface area contributed by atoms with Crippen LogP contribution < -0.4 is 9.97 Å². The van der Waals surface area contributed by atoms with Gasteiger partial charge in [0.2, 0.25) is 0 Å². The van der Waals surface area contributed by atoms with Crippen molar-refractivity contribution < 1.29 is 19.5 Å². The highest BCUT2D eigenvalue weighted by molar-refractivity contribution is 7.20. The highest BCUT2D eigenvalue weighted by Crippen LogP contribution is 2.25. The molecule has 0 spiro atoms. The fraction of sp³-hybridized carbons (Fsp3) is 0.0625. The van der Waals surface area contributed by atoms with Crippen molar-refractivity contribution in [3.05, 3.63) is 65.0 Å². The van der Waals surface area contributed by atoms with Crippen molar-refractivity contribution in [3.63, 3.8) is 0 Å². The van der Waals surface area contributed by atoms with Crippen LogP contribution >= 0.6 is 11.3 Å². The van der Waals surface area contributed by atoms with Gasteiger partial charge >= 0.3 is 7.32 Å². The van der Waals surface area contributed by atoms with Crippen molar-refractivity contribution in [2.24, 2.45) is 0 Å². The molecular formula is C16H14BNO4S. The molecule has 7 heteroatoms. The predicted octanol–water partition coefficient (Wildman–Crippen LogP) is 2.18. The third kappa shape index (κ3) is 3.90. The van der Waals surface area contributed by atoms with E-state index >= 15 is 0 Å². The van der Waals surface area contributed by atoms with E-state index in [-0.39, 0.29) is 5.91 Å². The van der Waals surface area contributed by atoms with Crippen LogP contribution in [0.25, 0.3) is 10.1 Å². The maximum atomic E-state index is 12.2. The third-order valence-corrected chi connectivity index (χ3v) is 4.38. The summed E-state index contributed by atoms with van der Waals surface area (Å²) in [5, 5.41) is 21.4. The molecule has 1 amide bonds. The Balaban J connectivity index is 1.62. The van der Waals surface area contributed by atoms with Crippen molar-refractivity contribution in [3.8, 4) is 5.75 Å². The molecule has 0 aliphatic carbocycles. The molecule has 0 aliphatic rings. The van der Waals surface area contributed by atoms with Gasteiger partial charge in [-0.05, 0) is 35.2 Å². The lowest BCUT2D eigenvalue weighted by molar-refractivity contribution is 0.0955. The fourth-order valence-electron chi connectivity index (χ4n) is 2.17. The van der Waals surface area contributed by atoms with Crippen LogP contribution in [-0.2, 0) is 6.54 Å². The summed E-state index contributed by atoms with van der Waals surface area (Å²) in [4.78, 5) is 12.9. The number of nitrogens with one attached hydrogen (secondary N) is 1. The first-order valence-corrected chi connectivity index (χ1v) is 7.82. The molecule has 23 heavy (non-hydrogen) atoms. The van der Waals surface area contributed by atoms with E-state index < -0.39 is 7.32 Å². The quantitative estimate of drug-likeness (QED) is 0.628. The standard InChI is InChI=1S/C16H14BNO4S/c19-16(15-9-12-3-1-2-4-14(12)23-15)18-10-11-5-7-13(8-6-11)22-17(20)21/h1-9,20-21H,10H2,(H,18,19). The smallest absolute Gasteiger partial charge is 0.512 e. The zero-order valence-corrected chi connectivity index (χ0v) is 12.9. The molecule has 0 atom stereocenters. The normalized spacial score (nSPS) is 10.5. The average Bonchev–Trinajstić information content (AvgIpc) is 2.97. The number of amides is 1. The number of carbonyl (C=O) groups excluding carboxylic acids is 1. The van der Waals surface area contributed by atoms with Crippen LogP contribution in [0.5, 0.6) is 5.75 Å². The molecule has 1 aromatic heterocycles. The van der Waals surface area contributed by atoms with Crippen LogP contribution in [0.4, 0.5) is 0 Å². The minimum Gasteiger partial charge on any atom is -0.512 e. The largest absolute Gasteiger partial charge is 0.707 e. The van der Waals surface area contributed by atoms with E-state index in [0.717, 1.165) is 15.6 Å². The first-order valence-electron chi connectivity index (χ1n) is 7.00. The summed E-state index contributed by atoms with van der Waals surface area (Å²) in [5.74, 6) is 0.233. The molecule has 0 saturated heterocycles. The number of fused-ring (bicyclic) bond motifs is 1. The second-order valence-corrected chi connectivity index (χ2v) is 6.00. The Hall–Kier alpha value is -2.35. The molecule has 0 radical (unpaired) electrons. The summed E-state index contributed by atoms with van der Waals surface area (Å²) < 4.78 is 5.81. The van der Waals surface area contributed by atoms with Gasteiger partial charge in [-0.2, -0.15) is 0 Å². The Kier molecular flexibility index (Phi) is 4.61. The van der Waals surface area contributed by atoms with E-state index in [1.54, 1.807) is 24.3 Å². The van der Waals surface area contributed by atoms with Crippen LogP contribution in [0.2, 0.25) is 0 Å². The molecule has 3 N–H and O–H groups in total. The molecular weight excluding hydrogens is 313 g/mol. The van der Waals surface area contributed by atoms with Gasteiger partial charge in [-0.1, -0.05) is 30.3 Å². The first-order chi connectivity index (χ1) is 11.1. The van der Waals surface area contributed by atoms with Gasteiger partial charge in [-0.3, -0.25) is 4.79 Å². The van der Waals surface area contributed by atoms with Crippen LogP contribution in [0, 0.1) is 0 Å². The number of hydrogen-bond donors (Lipinski definition) is 3. The van der Waals surface area contributed by atoms with Gasteiger partial charge in [0.25, 0.3) is 5.91 Å². The second kappa shape index (κ2) is 6.83. The van der Waals surface area contributed by atoms with Gasteiger partial charge < -0.3 is 20.0 Å². The molecule has 5 nitrogen and oxygen atoms in total. The third-order valence-electron chi connectivity index (χ3n) is 3.27. The van der Waals surface area contributed by atoms with Crippen LogP contribution in [0.1, 0.15) is 15.2 Å². The summed E-state index contributed by atoms with van der Waals surface area (Å²) in [6, 6.07) is 16.5. The summed E-state index contributed by atoms with van der Waals surface area (Å²) in [6.45, 7) is 0.384. The second-order valence-electron chi connectivity index (χ2n) is 4.92. The van der Waals surface area contributed by atoms with E-state index in [2.05, 4.69) is 5.32 Å². The number of benzene rings is 2. The van der Waals surface area contributed by atoms with Crippen LogP contribution in [-0.4, -0.2) is 23.3 Å². The monoisotopic (exact) mass is 327 g/mol. The SMILES string of the molecule is O=C(NCc1ccc(OB(O)O)cc1)c1cc2ccccc2s1. The zero-order chi connectivity index (χ0) is 16.2. The number of carbonyl (C=O) groups is 1. The first kappa shape index (κ1) is 15.5. The summed E-state index contributed by atoms with van der Waals surface area (Å²) in [7, 11) is -1.84. The van der Waals surface area contributed by atoms with Gasteiger partial charge in [-0.15, -0.1) is 11.3 Å². The predicted molar refractivity (Wildman–Crippen MR) is 90.3 cm³/mol. The van der Waals surface area contributed by atoms with E-state index in [1.165, 1.54) is 11.3 Å². The molecule has 0 bridgehead atoms. The number of hydrogen-bond acceptors (Lipinski definition) is 5. The summed E-state index contributed by atoms with van der Waals surface area (Å²) in [5.41, 5.74) is 0.888. The fourth-order valence-corrected chi connectivity index (χ4v) is 3.15. The van der Waals surface area contributed by atoms with Gasteiger partial charge in [0, 0.05) is 11.2 Å². The highest BCUT2D eigenvalue weighted by Gasteiger charge is 2.11. The van der Waals surface area contributed by atoms with Gasteiger partial charge in [0.05, 0.1) is 4.88 Å². The van der Waals surface area contributed by atoms with Gasteiger partial charge in [-0.25, -0.2) is 0 Å². The lowest BCUT2D eigenvalue weighted by atomic mass is 10.2. The van der Waals surface area contributed by atoms with E-state index in [4.69, 9.17) is 14.7 Å². The molecule has 3 aromatic rings. The molecule has 0 saturated carbocycles. The Labute approximate surface area is 137 Å². The van der Waals surface area contributed by atoms with Crippen LogP contribution in [0.15, 0.2) is 54.6 Å². The van der Waals surface area contributed by atoms with Crippen molar-refractivity contribution in [1.29, 1.82) is 0 Å². The molecule has 116 valence electrons. The minimum atomic E-state index is -1.84. The Morgan fingerprint density at radius 1 is 1.13 bits per heavy atom. The van der Waals surface area contributed by atoms with Gasteiger partial charge in [0.1, 0.15) is 5.75 Å². The van der Waals surface area contributed by atoms with E-state index in [1.807, 2.05) is 30.3 Å². The Bertz CT molecular complexity index is 783. The van der Waals surface area contributed by atoms with Crippen molar-refractivity contribution in [1.82, 2.24) is 5.32 Å². The molecule has 2 aromatic carbocycles. The van der Waals surface area contributed by atoms with Crippen molar-refractivity contribution >= 4 is 34.7 Å². The topological polar surface area (TPSA) is 78.8 Å². The Morgan fingerprint density at radius 3 is 2.57 bits per heavy atom. The molecule has 0 aliphatic heterocycles. The highest BCUT2D eigenvalue weighted by atomic mass is 32.1. The minimum absolute atomic E-state index is 0.114. The Morgan fingerprint density at radius 2 is 1.87 bits per heavy atom. The summed E-state index contributed by atoms with van der Waals surface area (Å²) in [6.07, 6.45) is 0. The van der Waals surface area contributed by atoms with Crippen molar-refractivity contribution in [2.75, 3.05) is 0 Å². The lowest BCUT2D eigenvalue weighted by Crippen LogP contribution is -2.22. The number of rotatable bonds is 5. The van der Waals surface area contributed by atoms with E-state index in [0.29, 0.717) is 17.2 Å². The maximum absolute atomic E-state index is 12.2. The van der Waals surface area contributed by atoms with Crippen LogP contribution in [0.3, 0.4) is 0 Å². The summed E-state index contributed by atoms with van der Waals surface area (Å²) >= 11 is 1.46. The molecule has 1 heterocycles. The molecule has 0 unspecified atom stereocenters. The average molecular weight is 327 g/mol.